The van der Waals surface area contributed by atoms with Gasteiger partial charge < -0.3 is 11.5 Å². The Kier molecular flexibility index (Phi) is 9.45. The SMILES string of the molecule is Cn1nc(NS(C)(=O)=O)c2c(Cl)ccc(-c3ccc(C#CC(C)(C)N)nc3[C@@H](Cc3cc(F)cc(F)c3)C(C(N)=O)n3nc(C(F)F)c4c3C(F)(F)[C@@H]3C[C@H]43)c21. The Labute approximate surface area is 321 Å². The number of halogens is 7. The van der Waals surface area contributed by atoms with Crippen molar-refractivity contribution in [2.24, 2.45) is 24.4 Å². The van der Waals surface area contributed by atoms with E-state index in [1.807, 2.05) is 0 Å². The van der Waals surface area contributed by atoms with Crippen LogP contribution in [0.4, 0.5) is 32.2 Å². The van der Waals surface area contributed by atoms with Crippen molar-refractivity contribution >= 4 is 44.3 Å². The van der Waals surface area contributed by atoms with Gasteiger partial charge in [0.05, 0.1) is 33.4 Å². The van der Waals surface area contributed by atoms with E-state index in [1.54, 1.807) is 13.8 Å². The molecule has 1 saturated carbocycles. The highest BCUT2D eigenvalue weighted by molar-refractivity contribution is 7.92. The van der Waals surface area contributed by atoms with Gasteiger partial charge in [0.25, 0.3) is 12.3 Å². The van der Waals surface area contributed by atoms with Crippen molar-refractivity contribution in [1.29, 1.82) is 0 Å². The van der Waals surface area contributed by atoms with Gasteiger partial charge >= 0.3 is 0 Å². The molecule has 56 heavy (non-hydrogen) atoms. The molecule has 1 unspecified atom stereocenters. The fraction of sp³-hybridized carbons (Fsp3) is 0.351. The molecule has 2 aliphatic rings. The first-order valence-corrected chi connectivity index (χ1v) is 19.3. The molecule has 294 valence electrons. The molecule has 1 amide bonds. The molecule has 2 aliphatic carbocycles. The number of hydrogen-bond donors (Lipinski definition) is 3. The van der Waals surface area contributed by atoms with Crippen LogP contribution in [0.1, 0.15) is 78.5 Å². The highest BCUT2D eigenvalue weighted by Gasteiger charge is 2.67. The van der Waals surface area contributed by atoms with E-state index in [1.165, 1.54) is 36.0 Å². The average Bonchev–Trinajstić information content (AvgIpc) is 3.60. The third kappa shape index (κ3) is 7.07. The molecule has 0 bridgehead atoms. The van der Waals surface area contributed by atoms with E-state index >= 15 is 8.78 Å². The second kappa shape index (κ2) is 13.5. The molecular formula is C37H33ClF6N8O3S. The summed E-state index contributed by atoms with van der Waals surface area (Å²) in [5.74, 6) is -5.19. The largest absolute Gasteiger partial charge is 0.368 e. The van der Waals surface area contributed by atoms with Crippen molar-refractivity contribution in [3.8, 4) is 23.0 Å². The number of sulfonamides is 1. The molecule has 0 saturated heterocycles. The van der Waals surface area contributed by atoms with Gasteiger partial charge in [-0.1, -0.05) is 23.6 Å². The van der Waals surface area contributed by atoms with E-state index in [2.05, 4.69) is 26.8 Å². The number of aryl methyl sites for hydroxylation is 1. The highest BCUT2D eigenvalue weighted by atomic mass is 35.5. The summed E-state index contributed by atoms with van der Waals surface area (Å²) in [5, 5.41) is 8.47. The lowest BCUT2D eigenvalue weighted by atomic mass is 9.84. The number of anilines is 1. The number of nitrogens with two attached hydrogens (primary N) is 2. The van der Waals surface area contributed by atoms with Crippen molar-refractivity contribution in [2.75, 3.05) is 11.0 Å². The Bertz CT molecular complexity index is 2610. The normalized spacial score (nSPS) is 18.3. The molecule has 0 radical (unpaired) electrons. The molecule has 5 aromatic rings. The van der Waals surface area contributed by atoms with E-state index in [0.717, 1.165) is 18.4 Å². The van der Waals surface area contributed by atoms with Gasteiger partial charge in [-0.05, 0) is 74.4 Å². The van der Waals surface area contributed by atoms with Crippen LogP contribution in [0.25, 0.3) is 22.0 Å². The number of aromatic nitrogens is 5. The van der Waals surface area contributed by atoms with Gasteiger partial charge in [-0.3, -0.25) is 14.2 Å². The van der Waals surface area contributed by atoms with E-state index in [4.69, 9.17) is 28.1 Å². The summed E-state index contributed by atoms with van der Waals surface area (Å²) in [6.07, 6.45) is -2.95. The van der Waals surface area contributed by atoms with Crippen molar-refractivity contribution in [3.63, 3.8) is 0 Å². The van der Waals surface area contributed by atoms with Crippen LogP contribution in [0.3, 0.4) is 0 Å². The lowest BCUT2D eigenvalue weighted by Crippen LogP contribution is -2.37. The lowest BCUT2D eigenvalue weighted by Gasteiger charge is -2.29. The van der Waals surface area contributed by atoms with Gasteiger partial charge in [0, 0.05) is 41.6 Å². The number of rotatable bonds is 10. The summed E-state index contributed by atoms with van der Waals surface area (Å²) in [6.45, 7) is 3.25. The van der Waals surface area contributed by atoms with E-state index < -0.39 is 87.1 Å². The number of carbonyl (C=O) groups excluding carboxylic acids is 1. The number of hydrogen-bond acceptors (Lipinski definition) is 7. The number of nitrogens with one attached hydrogen (secondary N) is 1. The molecule has 3 aromatic heterocycles. The molecule has 19 heteroatoms. The summed E-state index contributed by atoms with van der Waals surface area (Å²) in [7, 11) is -2.37. The van der Waals surface area contributed by atoms with Gasteiger partial charge in [0.15, 0.2) is 5.82 Å². The Morgan fingerprint density at radius 3 is 2.36 bits per heavy atom. The maximum absolute atomic E-state index is 16.1. The number of pyridine rings is 1. The molecule has 0 aliphatic heterocycles. The first-order chi connectivity index (χ1) is 26.1. The van der Waals surface area contributed by atoms with Crippen LogP contribution in [-0.2, 0) is 34.2 Å². The smallest absolute Gasteiger partial charge is 0.293 e. The van der Waals surface area contributed by atoms with E-state index in [9.17, 15) is 30.8 Å². The monoisotopic (exact) mass is 818 g/mol. The van der Waals surface area contributed by atoms with Crippen LogP contribution in [0.2, 0.25) is 5.02 Å². The molecule has 7 rings (SSSR count). The molecular weight excluding hydrogens is 786 g/mol. The predicted octanol–water partition coefficient (Wildman–Crippen LogP) is 6.42. The summed E-state index contributed by atoms with van der Waals surface area (Å²) >= 11 is 6.60. The van der Waals surface area contributed by atoms with Crippen molar-refractivity contribution in [1.82, 2.24) is 24.5 Å². The van der Waals surface area contributed by atoms with Crippen LogP contribution in [0.5, 0.6) is 0 Å². The van der Waals surface area contributed by atoms with Gasteiger partial charge in [0.1, 0.15) is 34.8 Å². The average molecular weight is 819 g/mol. The third-order valence-electron chi connectivity index (χ3n) is 9.74. The fourth-order valence-electron chi connectivity index (χ4n) is 7.57. The maximum Gasteiger partial charge on any atom is 0.293 e. The predicted molar refractivity (Wildman–Crippen MR) is 196 cm³/mol. The number of primary amides is 1. The Morgan fingerprint density at radius 1 is 1.09 bits per heavy atom. The fourth-order valence-corrected chi connectivity index (χ4v) is 8.30. The van der Waals surface area contributed by atoms with Crippen LogP contribution >= 0.6 is 11.6 Å². The molecule has 4 atom stereocenters. The Balaban J connectivity index is 1.56. The number of carbonyl (C=O) groups is 1. The van der Waals surface area contributed by atoms with Gasteiger partial charge in [-0.15, -0.1) is 0 Å². The first-order valence-electron chi connectivity index (χ1n) is 17.0. The zero-order valence-electron chi connectivity index (χ0n) is 30.0. The van der Waals surface area contributed by atoms with Crippen molar-refractivity contribution in [3.05, 3.63) is 93.0 Å². The minimum Gasteiger partial charge on any atom is -0.368 e. The Hall–Kier alpha value is -5.12. The third-order valence-corrected chi connectivity index (χ3v) is 10.6. The number of fused-ring (bicyclic) bond motifs is 4. The van der Waals surface area contributed by atoms with Gasteiger partial charge in [0.2, 0.25) is 15.9 Å². The maximum atomic E-state index is 16.1. The molecule has 2 aromatic carbocycles. The van der Waals surface area contributed by atoms with Gasteiger partial charge in [-0.25, -0.2) is 35.6 Å². The number of benzene rings is 2. The highest BCUT2D eigenvalue weighted by Crippen LogP contribution is 2.68. The van der Waals surface area contributed by atoms with Crippen LogP contribution in [-0.4, -0.2) is 50.7 Å². The summed E-state index contributed by atoms with van der Waals surface area (Å²) in [4.78, 5) is 18.5. The molecule has 0 spiro atoms. The summed E-state index contributed by atoms with van der Waals surface area (Å²) < 4.78 is 119. The zero-order valence-corrected chi connectivity index (χ0v) is 31.6. The van der Waals surface area contributed by atoms with Crippen LogP contribution < -0.4 is 16.2 Å². The first kappa shape index (κ1) is 39.1. The molecule has 1 fully saturated rings. The Morgan fingerprint density at radius 2 is 1.75 bits per heavy atom. The lowest BCUT2D eigenvalue weighted by molar-refractivity contribution is -0.122. The standard InChI is InChI=1S/C37H33ClF6N8O3S/c1-36(2,46)10-9-19-5-6-20(21-7-8-25(38)27-30(21)51(3)49-35(27)50-56(4,54)55)28(47-19)23(13-16-11-17(39)14-18(40)12-16)31(34(45)53)52-32-26(29(48-52)33(41)42)22-15-24(22)37(32,43)44/h5-8,11-12,14,22-24,31,33H,13,15,46H2,1-4H3,(H2,45,53)(H,49,50)/t22-,23+,24+,31?/m0/s1. The topological polar surface area (TPSA) is 164 Å². The quantitative estimate of drug-likeness (QED) is 0.108. The minimum absolute atomic E-state index is 0.0566. The minimum atomic E-state index is -3.87. The number of amides is 1. The molecule has 5 N–H and O–H groups in total. The van der Waals surface area contributed by atoms with Crippen molar-refractivity contribution < 1.29 is 39.6 Å². The number of alkyl halides is 4. The van der Waals surface area contributed by atoms with Crippen LogP contribution in [0, 0.1) is 29.4 Å². The van der Waals surface area contributed by atoms with Gasteiger partial charge in [-0.2, -0.15) is 19.0 Å². The summed E-state index contributed by atoms with van der Waals surface area (Å²) in [6, 6.07) is 6.51. The van der Waals surface area contributed by atoms with E-state index in [-0.39, 0.29) is 61.8 Å². The molecule has 11 nitrogen and oxygen atoms in total. The second-order valence-corrected chi connectivity index (χ2v) is 16.8. The molecule has 3 heterocycles. The summed E-state index contributed by atoms with van der Waals surface area (Å²) in [5.41, 5.74) is 9.48. The van der Waals surface area contributed by atoms with Crippen LogP contribution in [0.15, 0.2) is 42.5 Å². The zero-order chi connectivity index (χ0) is 40.8. The van der Waals surface area contributed by atoms with E-state index in [0.29, 0.717) is 10.7 Å². The van der Waals surface area contributed by atoms with Crippen molar-refractivity contribution in [2.45, 2.75) is 62.5 Å². The number of nitrogens with zero attached hydrogens (tertiary/aromatic N) is 5. The second-order valence-electron chi connectivity index (χ2n) is 14.7.